The molecule has 40 heavy (non-hydrogen) atoms. The summed E-state index contributed by atoms with van der Waals surface area (Å²) in [4.78, 5) is 11.6. The van der Waals surface area contributed by atoms with Gasteiger partial charge in [0.05, 0.1) is 13.2 Å². The summed E-state index contributed by atoms with van der Waals surface area (Å²) in [5.74, 6) is 0.509. The summed E-state index contributed by atoms with van der Waals surface area (Å²) in [6.07, 6.45) is -15.4. The van der Waals surface area contributed by atoms with E-state index >= 15 is 0 Å². The van der Waals surface area contributed by atoms with Gasteiger partial charge in [-0.05, 0) is 31.5 Å². The van der Waals surface area contributed by atoms with E-state index in [0.717, 1.165) is 10.9 Å². The van der Waals surface area contributed by atoms with Crippen LogP contribution in [-0.4, -0.2) is 122 Å². The lowest BCUT2D eigenvalue weighted by atomic mass is 9.95. The van der Waals surface area contributed by atoms with Gasteiger partial charge in [-0.15, -0.1) is 0 Å². The maximum Gasteiger partial charge on any atom is 0.336 e. The number of aliphatic hydroxyl groups is 7. The molecule has 5 rings (SSSR count). The van der Waals surface area contributed by atoms with Gasteiger partial charge in [-0.1, -0.05) is 0 Å². The van der Waals surface area contributed by atoms with E-state index in [1.807, 2.05) is 6.07 Å². The third-order valence-corrected chi connectivity index (χ3v) is 7.61. The molecule has 0 saturated carbocycles. The van der Waals surface area contributed by atoms with Crippen LogP contribution in [0.15, 0.2) is 33.5 Å². The molecule has 222 valence electrons. The Hall–Kier alpha value is -2.21. The first kappa shape index (κ1) is 29.3. The summed E-state index contributed by atoms with van der Waals surface area (Å²) in [6.45, 7) is 2.28. The van der Waals surface area contributed by atoms with Gasteiger partial charge in [0, 0.05) is 23.9 Å². The minimum absolute atomic E-state index is 0.371. The molecule has 3 aliphatic heterocycles. The molecule has 1 aromatic heterocycles. The van der Waals surface area contributed by atoms with Crippen LogP contribution in [0.3, 0.4) is 0 Å². The highest BCUT2D eigenvalue weighted by Crippen LogP contribution is 2.38. The number of rotatable bonds is 7. The van der Waals surface area contributed by atoms with E-state index in [4.69, 9.17) is 28.1 Å². The smallest absolute Gasteiger partial charge is 0.336 e. The zero-order valence-electron chi connectivity index (χ0n) is 21.8. The number of hydrogen-bond acceptors (Lipinski definition) is 14. The van der Waals surface area contributed by atoms with E-state index in [1.165, 1.54) is 6.07 Å². The van der Waals surface area contributed by atoms with E-state index in [9.17, 15) is 40.5 Å². The highest BCUT2D eigenvalue weighted by Gasteiger charge is 2.50. The van der Waals surface area contributed by atoms with Crippen molar-refractivity contribution in [2.24, 2.45) is 0 Å². The predicted octanol–water partition coefficient (Wildman–Crippen LogP) is -2.48. The largest absolute Gasteiger partial charge is 0.487 e. The van der Waals surface area contributed by atoms with E-state index in [-0.39, 0.29) is 0 Å². The van der Waals surface area contributed by atoms with Crippen LogP contribution in [0.5, 0.6) is 5.75 Å². The lowest BCUT2D eigenvalue weighted by Crippen LogP contribution is -2.63. The molecular formula is C26H34O14. The second kappa shape index (κ2) is 11.2. The second-order valence-electron chi connectivity index (χ2n) is 10.8. The molecule has 0 spiro atoms. The SMILES string of the molecule is CC(C)(O[C@H]1O[C@@H](CO[C@@H]2O[C@@H](CO)[C@H](O)[C@H](O)[C@H]2O)[C@H](O)[C@H](O)[C@@H]1O)[C@@H]1Cc2cc3ccc(=O)oc3cc2O1. The topological polar surface area (TPSA) is 218 Å². The average molecular weight is 571 g/mol. The normalized spacial score (nSPS) is 38.3. The fourth-order valence-corrected chi connectivity index (χ4v) is 5.12. The summed E-state index contributed by atoms with van der Waals surface area (Å²) in [7, 11) is 0. The van der Waals surface area contributed by atoms with E-state index in [0.29, 0.717) is 17.8 Å². The fraction of sp³-hybridized carbons (Fsp3) is 0.654. The third kappa shape index (κ3) is 5.49. The van der Waals surface area contributed by atoms with Gasteiger partial charge in [-0.3, -0.25) is 0 Å². The van der Waals surface area contributed by atoms with Crippen molar-refractivity contribution < 1.29 is 63.8 Å². The molecule has 11 atom stereocenters. The van der Waals surface area contributed by atoms with Gasteiger partial charge in [-0.25, -0.2) is 4.79 Å². The molecule has 14 heteroatoms. The van der Waals surface area contributed by atoms with Crippen molar-refractivity contribution in [1.29, 1.82) is 0 Å². The summed E-state index contributed by atoms with van der Waals surface area (Å²) >= 11 is 0. The first-order valence-electron chi connectivity index (χ1n) is 12.9. The molecular weight excluding hydrogens is 536 g/mol. The van der Waals surface area contributed by atoms with E-state index < -0.39 is 92.0 Å². The second-order valence-corrected chi connectivity index (χ2v) is 10.8. The number of aliphatic hydroxyl groups excluding tert-OH is 7. The highest BCUT2D eigenvalue weighted by atomic mass is 16.7. The van der Waals surface area contributed by atoms with Gasteiger partial charge in [0.2, 0.25) is 0 Å². The minimum Gasteiger partial charge on any atom is -0.487 e. The van der Waals surface area contributed by atoms with Crippen molar-refractivity contribution >= 4 is 11.0 Å². The van der Waals surface area contributed by atoms with Gasteiger partial charge in [0.15, 0.2) is 12.6 Å². The Bertz CT molecular complexity index is 1250. The van der Waals surface area contributed by atoms with Gasteiger partial charge in [0.25, 0.3) is 0 Å². The van der Waals surface area contributed by atoms with Crippen molar-refractivity contribution in [3.8, 4) is 5.75 Å². The van der Waals surface area contributed by atoms with Crippen molar-refractivity contribution in [3.05, 3.63) is 40.2 Å². The molecule has 2 aromatic rings. The minimum atomic E-state index is -1.69. The summed E-state index contributed by atoms with van der Waals surface area (Å²) in [5, 5.41) is 71.8. The Morgan fingerprint density at radius 2 is 1.52 bits per heavy atom. The lowest BCUT2D eigenvalue weighted by molar-refractivity contribution is -0.345. The molecule has 2 saturated heterocycles. The maximum atomic E-state index is 11.6. The molecule has 0 aliphatic carbocycles. The molecule has 14 nitrogen and oxygen atoms in total. The molecule has 0 radical (unpaired) electrons. The van der Waals surface area contributed by atoms with Crippen molar-refractivity contribution in [2.45, 2.75) is 93.4 Å². The Kier molecular flexibility index (Phi) is 8.22. The van der Waals surface area contributed by atoms with Crippen molar-refractivity contribution in [1.82, 2.24) is 0 Å². The quantitative estimate of drug-likeness (QED) is 0.172. The van der Waals surface area contributed by atoms with E-state index in [2.05, 4.69) is 0 Å². The summed E-state index contributed by atoms with van der Waals surface area (Å²) in [6, 6.07) is 6.46. The fourth-order valence-electron chi connectivity index (χ4n) is 5.12. The van der Waals surface area contributed by atoms with Crippen molar-refractivity contribution in [3.63, 3.8) is 0 Å². The third-order valence-electron chi connectivity index (χ3n) is 7.61. The van der Waals surface area contributed by atoms with Gasteiger partial charge in [-0.2, -0.15) is 0 Å². The lowest BCUT2D eigenvalue weighted by Gasteiger charge is -2.45. The summed E-state index contributed by atoms with van der Waals surface area (Å²) in [5.41, 5.74) is -0.354. The Labute approximate surface area is 227 Å². The molecule has 0 amide bonds. The van der Waals surface area contributed by atoms with E-state index in [1.54, 1.807) is 26.0 Å². The van der Waals surface area contributed by atoms with Crippen molar-refractivity contribution in [2.75, 3.05) is 13.2 Å². The molecule has 7 N–H and O–H groups in total. The zero-order chi connectivity index (χ0) is 28.9. The van der Waals surface area contributed by atoms with Crippen LogP contribution in [0, 0.1) is 0 Å². The Balaban J connectivity index is 1.25. The summed E-state index contributed by atoms with van der Waals surface area (Å²) < 4.78 is 33.9. The van der Waals surface area contributed by atoms with Gasteiger partial charge in [0.1, 0.15) is 71.9 Å². The molecule has 2 fully saturated rings. The Morgan fingerprint density at radius 3 is 2.23 bits per heavy atom. The van der Waals surface area contributed by atoms with Crippen LogP contribution in [0.4, 0.5) is 0 Å². The van der Waals surface area contributed by atoms with Gasteiger partial charge >= 0.3 is 5.63 Å². The standard InChI is InChI=1S/C26H34O14/c1-26(2,16-6-11-5-10-3-4-17(28)37-12(10)7-13(11)36-16)40-25-23(34)21(32)19(30)15(39-25)9-35-24-22(33)20(31)18(29)14(8-27)38-24/h3-5,7,14-16,18-25,27,29-34H,6,8-9H2,1-2H3/t14-,15-,16-,18-,19-,20-,21-,22+,23-,24+,25+/m0/s1. The van der Waals surface area contributed by atoms with Crippen LogP contribution < -0.4 is 10.4 Å². The van der Waals surface area contributed by atoms with Crippen LogP contribution >= 0.6 is 0 Å². The maximum absolute atomic E-state index is 11.6. The molecule has 0 bridgehead atoms. The number of benzene rings is 1. The van der Waals surface area contributed by atoms with Crippen LogP contribution in [0.25, 0.3) is 11.0 Å². The van der Waals surface area contributed by atoms with Crippen LogP contribution in [0.2, 0.25) is 0 Å². The Morgan fingerprint density at radius 1 is 0.875 bits per heavy atom. The predicted molar refractivity (Wildman–Crippen MR) is 132 cm³/mol. The monoisotopic (exact) mass is 570 g/mol. The highest BCUT2D eigenvalue weighted by molar-refractivity contribution is 5.79. The first-order chi connectivity index (χ1) is 18.9. The molecule has 0 unspecified atom stereocenters. The number of fused-ring (bicyclic) bond motifs is 2. The first-order valence-corrected chi connectivity index (χ1v) is 12.9. The van der Waals surface area contributed by atoms with Crippen LogP contribution in [-0.2, 0) is 25.4 Å². The van der Waals surface area contributed by atoms with Crippen LogP contribution in [0.1, 0.15) is 19.4 Å². The molecule has 3 aliphatic rings. The number of hydrogen-bond donors (Lipinski definition) is 7. The number of ether oxygens (including phenoxy) is 5. The average Bonchev–Trinajstić information content (AvgIpc) is 3.35. The molecule has 1 aromatic carbocycles. The zero-order valence-corrected chi connectivity index (χ0v) is 21.8. The molecule has 4 heterocycles. The van der Waals surface area contributed by atoms with Gasteiger partial charge < -0.3 is 63.8 Å².